The van der Waals surface area contributed by atoms with Crippen LogP contribution >= 0.6 is 0 Å². The molecule has 0 saturated carbocycles. The fourth-order valence-electron chi connectivity index (χ4n) is 2.58. The molecule has 0 N–H and O–H groups in total. The fourth-order valence-corrected chi connectivity index (χ4v) is 2.58. The normalized spacial score (nSPS) is 11.7. The molecule has 3 rings (SSSR count). The van der Waals surface area contributed by atoms with Crippen LogP contribution in [-0.4, -0.2) is 0 Å². The van der Waals surface area contributed by atoms with Gasteiger partial charge in [-0.25, -0.2) is 5.06 Å². The lowest BCUT2D eigenvalue weighted by Crippen LogP contribution is -2.21. The summed E-state index contributed by atoms with van der Waals surface area (Å²) in [6.45, 7) is 3.88. The van der Waals surface area contributed by atoms with Gasteiger partial charge in [0.05, 0.1) is 11.4 Å². The van der Waals surface area contributed by atoms with E-state index >= 15 is 0 Å². The monoisotopic (exact) mass is 315 g/mol. The zero-order valence-electron chi connectivity index (χ0n) is 13.6. The van der Waals surface area contributed by atoms with Gasteiger partial charge in [-0.1, -0.05) is 72.8 Å². The molecule has 120 valence electrons. The highest BCUT2D eigenvalue weighted by molar-refractivity contribution is 5.60. The Balaban J connectivity index is 1.94. The largest absolute Gasteiger partial charge is 0.260 e. The van der Waals surface area contributed by atoms with E-state index in [0.717, 1.165) is 23.4 Å². The standard InChI is InChI=1S/C22H21NO/c1-2-12-22(19-13-6-3-7-14-19)24-23(20-15-8-4-9-16-20)21-17-10-5-11-18-21/h2-11,13-18,22H,1,12H2. The van der Waals surface area contributed by atoms with Gasteiger partial charge in [0.2, 0.25) is 0 Å². The number of rotatable bonds is 7. The molecule has 0 bridgehead atoms. The molecule has 0 saturated heterocycles. The highest BCUT2D eigenvalue weighted by Gasteiger charge is 2.18. The van der Waals surface area contributed by atoms with Gasteiger partial charge in [0, 0.05) is 0 Å². The fraction of sp³-hybridized carbons (Fsp3) is 0.0909. The molecule has 0 aliphatic rings. The Morgan fingerprint density at radius 1 is 0.750 bits per heavy atom. The van der Waals surface area contributed by atoms with Gasteiger partial charge in [0.25, 0.3) is 0 Å². The molecule has 0 radical (unpaired) electrons. The quantitative estimate of drug-likeness (QED) is 0.387. The highest BCUT2D eigenvalue weighted by Crippen LogP contribution is 2.31. The number of benzene rings is 3. The predicted octanol–water partition coefficient (Wildman–Crippen LogP) is 6.07. The Morgan fingerprint density at radius 2 is 1.21 bits per heavy atom. The minimum atomic E-state index is -0.0934. The van der Waals surface area contributed by atoms with Crippen LogP contribution in [0, 0.1) is 0 Å². The second-order valence-electron chi connectivity index (χ2n) is 5.49. The Kier molecular flexibility index (Phi) is 5.44. The van der Waals surface area contributed by atoms with Crippen LogP contribution in [0.1, 0.15) is 18.1 Å². The molecule has 0 fully saturated rings. The van der Waals surface area contributed by atoms with E-state index < -0.39 is 0 Å². The summed E-state index contributed by atoms with van der Waals surface area (Å²) in [5.74, 6) is 0. The van der Waals surface area contributed by atoms with Crippen molar-refractivity contribution in [3.05, 3.63) is 109 Å². The number of para-hydroxylation sites is 2. The van der Waals surface area contributed by atoms with E-state index in [9.17, 15) is 0 Å². The second kappa shape index (κ2) is 8.14. The van der Waals surface area contributed by atoms with Crippen LogP contribution in [-0.2, 0) is 4.84 Å². The Hall–Kier alpha value is -2.84. The zero-order chi connectivity index (χ0) is 16.6. The Bertz CT molecular complexity index is 701. The first kappa shape index (κ1) is 16.0. The molecule has 3 aromatic rings. The molecular formula is C22H21NO. The molecule has 3 aromatic carbocycles. The van der Waals surface area contributed by atoms with E-state index in [1.165, 1.54) is 0 Å². The lowest BCUT2D eigenvalue weighted by Gasteiger charge is -2.29. The van der Waals surface area contributed by atoms with Gasteiger partial charge in [0.1, 0.15) is 6.10 Å². The summed E-state index contributed by atoms with van der Waals surface area (Å²) in [7, 11) is 0. The molecule has 2 nitrogen and oxygen atoms in total. The first-order valence-corrected chi connectivity index (χ1v) is 8.11. The van der Waals surface area contributed by atoms with Gasteiger partial charge in [0.15, 0.2) is 0 Å². The third kappa shape index (κ3) is 3.92. The molecule has 0 amide bonds. The van der Waals surface area contributed by atoms with Crippen LogP contribution in [0.2, 0.25) is 0 Å². The number of nitrogens with zero attached hydrogens (tertiary/aromatic N) is 1. The molecule has 0 aromatic heterocycles. The maximum absolute atomic E-state index is 6.41. The van der Waals surface area contributed by atoms with E-state index in [2.05, 4.69) is 18.7 Å². The molecule has 1 unspecified atom stereocenters. The van der Waals surface area contributed by atoms with Gasteiger partial charge in [-0.3, -0.25) is 4.84 Å². The van der Waals surface area contributed by atoms with E-state index in [1.54, 1.807) is 0 Å². The molecule has 24 heavy (non-hydrogen) atoms. The number of hydrogen-bond acceptors (Lipinski definition) is 2. The van der Waals surface area contributed by atoms with Crippen molar-refractivity contribution in [2.24, 2.45) is 0 Å². The van der Waals surface area contributed by atoms with E-state index in [0.29, 0.717) is 0 Å². The predicted molar refractivity (Wildman–Crippen MR) is 100 cm³/mol. The Labute approximate surface area is 143 Å². The maximum Gasteiger partial charge on any atom is 0.114 e. The van der Waals surface area contributed by atoms with Gasteiger partial charge in [-0.15, -0.1) is 6.58 Å². The SMILES string of the molecule is C=CCC(ON(c1ccccc1)c1ccccc1)c1ccccc1. The van der Waals surface area contributed by atoms with Crippen LogP contribution in [0.3, 0.4) is 0 Å². The summed E-state index contributed by atoms with van der Waals surface area (Å²) >= 11 is 0. The molecule has 1 atom stereocenters. The van der Waals surface area contributed by atoms with Crippen LogP contribution in [0.5, 0.6) is 0 Å². The third-order valence-electron chi connectivity index (χ3n) is 3.77. The van der Waals surface area contributed by atoms with Gasteiger partial charge in [-0.05, 0) is 36.2 Å². The van der Waals surface area contributed by atoms with Crippen LogP contribution in [0.4, 0.5) is 11.4 Å². The average Bonchev–Trinajstić information content (AvgIpc) is 2.67. The van der Waals surface area contributed by atoms with Crippen molar-refractivity contribution in [1.29, 1.82) is 0 Å². The maximum atomic E-state index is 6.41. The highest BCUT2D eigenvalue weighted by atomic mass is 16.7. The molecule has 0 spiro atoms. The summed E-state index contributed by atoms with van der Waals surface area (Å²) < 4.78 is 0. The zero-order valence-corrected chi connectivity index (χ0v) is 13.6. The lowest BCUT2D eigenvalue weighted by molar-refractivity contribution is 0.0549. The minimum Gasteiger partial charge on any atom is -0.260 e. The van der Waals surface area contributed by atoms with Gasteiger partial charge < -0.3 is 0 Å². The Morgan fingerprint density at radius 3 is 1.67 bits per heavy atom. The van der Waals surface area contributed by atoms with E-state index in [1.807, 2.05) is 90.0 Å². The molecule has 0 aliphatic carbocycles. The van der Waals surface area contributed by atoms with E-state index in [-0.39, 0.29) is 6.10 Å². The summed E-state index contributed by atoms with van der Waals surface area (Å²) in [5, 5.41) is 1.89. The van der Waals surface area contributed by atoms with Crippen LogP contribution in [0.15, 0.2) is 104 Å². The van der Waals surface area contributed by atoms with Crippen molar-refractivity contribution >= 4 is 11.4 Å². The van der Waals surface area contributed by atoms with Crippen molar-refractivity contribution < 1.29 is 4.84 Å². The van der Waals surface area contributed by atoms with E-state index in [4.69, 9.17) is 4.84 Å². The summed E-state index contributed by atoms with van der Waals surface area (Å²) in [6.07, 6.45) is 2.54. The van der Waals surface area contributed by atoms with Gasteiger partial charge in [-0.2, -0.15) is 0 Å². The first-order valence-electron chi connectivity index (χ1n) is 8.11. The minimum absolute atomic E-state index is 0.0934. The number of anilines is 2. The van der Waals surface area contributed by atoms with Crippen molar-refractivity contribution in [3.63, 3.8) is 0 Å². The lowest BCUT2D eigenvalue weighted by atomic mass is 10.1. The summed E-state index contributed by atoms with van der Waals surface area (Å²) in [5.41, 5.74) is 3.12. The van der Waals surface area contributed by atoms with Crippen molar-refractivity contribution in [2.45, 2.75) is 12.5 Å². The molecular weight excluding hydrogens is 294 g/mol. The van der Waals surface area contributed by atoms with Crippen molar-refractivity contribution in [3.8, 4) is 0 Å². The molecule has 2 heteroatoms. The molecule has 0 aliphatic heterocycles. The van der Waals surface area contributed by atoms with Crippen molar-refractivity contribution in [1.82, 2.24) is 0 Å². The summed E-state index contributed by atoms with van der Waals surface area (Å²) in [6, 6.07) is 30.5. The molecule has 0 heterocycles. The smallest absolute Gasteiger partial charge is 0.114 e. The number of hydrogen-bond donors (Lipinski definition) is 0. The average molecular weight is 315 g/mol. The first-order chi connectivity index (χ1) is 11.9. The van der Waals surface area contributed by atoms with Crippen molar-refractivity contribution in [2.75, 3.05) is 5.06 Å². The third-order valence-corrected chi connectivity index (χ3v) is 3.77. The topological polar surface area (TPSA) is 12.5 Å². The van der Waals surface area contributed by atoms with Crippen LogP contribution in [0.25, 0.3) is 0 Å². The summed E-state index contributed by atoms with van der Waals surface area (Å²) in [4.78, 5) is 6.41. The second-order valence-corrected chi connectivity index (χ2v) is 5.49. The van der Waals surface area contributed by atoms with Crippen LogP contribution < -0.4 is 5.06 Å². The van der Waals surface area contributed by atoms with Gasteiger partial charge >= 0.3 is 0 Å².